The summed E-state index contributed by atoms with van der Waals surface area (Å²) in [6.45, 7) is 0.315. The number of carboxylic acid groups (broad SMARTS) is 2. The second-order valence-corrected chi connectivity index (χ2v) is 9.04. The molecule has 0 radical (unpaired) electrons. The van der Waals surface area contributed by atoms with Gasteiger partial charge in [0.2, 0.25) is 23.6 Å². The molecule has 0 fully saturated rings. The van der Waals surface area contributed by atoms with Gasteiger partial charge < -0.3 is 43.4 Å². The number of carbonyl (C=O) groups excluding carboxylic acids is 4. The summed E-state index contributed by atoms with van der Waals surface area (Å²) in [6.07, 6.45) is -0.0788. The Bertz CT molecular complexity index is 990. The molecule has 14 heteroatoms. The molecular formula is C25H38N6O8. The number of nitrogens with one attached hydrogen (secondary N) is 3. The maximum absolute atomic E-state index is 13.1. The number of hydrogen-bond acceptors (Lipinski definition) is 8. The molecule has 0 aromatic heterocycles. The normalized spacial score (nSPS) is 13.8. The van der Waals surface area contributed by atoms with Crippen LogP contribution in [0.4, 0.5) is 0 Å². The number of carboxylic acids is 2. The van der Waals surface area contributed by atoms with E-state index in [0.717, 1.165) is 5.56 Å². The molecule has 0 spiro atoms. The first-order valence-electron chi connectivity index (χ1n) is 12.6. The van der Waals surface area contributed by atoms with Gasteiger partial charge in [-0.25, -0.2) is 4.79 Å². The lowest BCUT2D eigenvalue weighted by molar-refractivity contribution is -0.143. The smallest absolute Gasteiger partial charge is 0.326 e. The summed E-state index contributed by atoms with van der Waals surface area (Å²) in [5.74, 6) is -5.69. The summed E-state index contributed by atoms with van der Waals surface area (Å²) in [4.78, 5) is 72.5. The van der Waals surface area contributed by atoms with E-state index in [1.54, 1.807) is 24.3 Å². The SMILES string of the molecule is NCCCCC(NC(=O)C(CCC(N)=O)NC(=O)C(N)Cc1ccccc1)C(=O)NC(CCC(=O)O)C(=O)O. The third kappa shape index (κ3) is 13.4. The minimum Gasteiger partial charge on any atom is -0.481 e. The van der Waals surface area contributed by atoms with Gasteiger partial charge in [-0.05, 0) is 50.6 Å². The molecule has 1 aromatic carbocycles. The molecule has 216 valence electrons. The Labute approximate surface area is 226 Å². The Morgan fingerprint density at radius 3 is 1.82 bits per heavy atom. The average molecular weight is 551 g/mol. The van der Waals surface area contributed by atoms with Crippen LogP contribution in [0.25, 0.3) is 0 Å². The molecule has 0 saturated heterocycles. The van der Waals surface area contributed by atoms with Crippen molar-refractivity contribution in [1.82, 2.24) is 16.0 Å². The van der Waals surface area contributed by atoms with Gasteiger partial charge in [-0.1, -0.05) is 30.3 Å². The predicted molar refractivity (Wildman–Crippen MR) is 140 cm³/mol. The van der Waals surface area contributed by atoms with E-state index >= 15 is 0 Å². The molecule has 0 aliphatic carbocycles. The molecule has 4 atom stereocenters. The summed E-state index contributed by atoms with van der Waals surface area (Å²) in [5, 5.41) is 25.5. The van der Waals surface area contributed by atoms with Crippen molar-refractivity contribution in [1.29, 1.82) is 0 Å². The first kappa shape index (κ1) is 33.0. The van der Waals surface area contributed by atoms with Gasteiger partial charge in [-0.3, -0.25) is 24.0 Å². The van der Waals surface area contributed by atoms with Gasteiger partial charge in [0.05, 0.1) is 6.04 Å². The zero-order valence-electron chi connectivity index (χ0n) is 21.6. The fourth-order valence-corrected chi connectivity index (χ4v) is 3.63. The van der Waals surface area contributed by atoms with Crippen LogP contribution in [0.2, 0.25) is 0 Å². The molecule has 0 aliphatic heterocycles. The molecular weight excluding hydrogens is 512 g/mol. The molecule has 1 rings (SSSR count). The van der Waals surface area contributed by atoms with E-state index in [-0.39, 0.29) is 32.1 Å². The van der Waals surface area contributed by atoms with Crippen LogP contribution in [0.3, 0.4) is 0 Å². The van der Waals surface area contributed by atoms with Crippen molar-refractivity contribution in [3.8, 4) is 0 Å². The number of hydrogen-bond donors (Lipinski definition) is 8. The van der Waals surface area contributed by atoms with E-state index in [1.165, 1.54) is 0 Å². The highest BCUT2D eigenvalue weighted by molar-refractivity contribution is 5.94. The second-order valence-electron chi connectivity index (χ2n) is 9.04. The quantitative estimate of drug-likeness (QED) is 0.0910. The van der Waals surface area contributed by atoms with Crippen LogP contribution < -0.4 is 33.2 Å². The zero-order chi connectivity index (χ0) is 29.4. The minimum atomic E-state index is -1.50. The van der Waals surface area contributed by atoms with Crippen molar-refractivity contribution in [2.45, 2.75) is 75.5 Å². The summed E-state index contributed by atoms with van der Waals surface area (Å²) in [5.41, 5.74) is 17.5. The van der Waals surface area contributed by atoms with Crippen molar-refractivity contribution < 1.29 is 39.0 Å². The molecule has 0 saturated carbocycles. The van der Waals surface area contributed by atoms with Crippen molar-refractivity contribution >= 4 is 35.6 Å². The van der Waals surface area contributed by atoms with E-state index in [0.29, 0.717) is 19.4 Å². The van der Waals surface area contributed by atoms with Crippen molar-refractivity contribution in [2.24, 2.45) is 17.2 Å². The van der Waals surface area contributed by atoms with Crippen LogP contribution in [-0.4, -0.2) is 76.5 Å². The van der Waals surface area contributed by atoms with E-state index in [9.17, 15) is 33.9 Å². The average Bonchev–Trinajstić information content (AvgIpc) is 2.88. The molecule has 0 bridgehead atoms. The topological polar surface area (TPSA) is 257 Å². The Hall–Kier alpha value is -4.04. The highest BCUT2D eigenvalue weighted by Crippen LogP contribution is 2.08. The molecule has 4 amide bonds. The van der Waals surface area contributed by atoms with Gasteiger partial charge in [-0.2, -0.15) is 0 Å². The van der Waals surface area contributed by atoms with Crippen molar-refractivity contribution in [3.05, 3.63) is 35.9 Å². The second kappa shape index (κ2) is 17.5. The maximum atomic E-state index is 13.1. The van der Waals surface area contributed by atoms with E-state index in [1.807, 2.05) is 6.07 Å². The summed E-state index contributed by atoms with van der Waals surface area (Å²) < 4.78 is 0. The van der Waals surface area contributed by atoms with Gasteiger partial charge in [0.15, 0.2) is 0 Å². The first-order chi connectivity index (χ1) is 18.4. The maximum Gasteiger partial charge on any atom is 0.326 e. The molecule has 39 heavy (non-hydrogen) atoms. The van der Waals surface area contributed by atoms with Crippen molar-refractivity contribution in [2.75, 3.05) is 6.54 Å². The van der Waals surface area contributed by atoms with Crippen LogP contribution >= 0.6 is 0 Å². The lowest BCUT2D eigenvalue weighted by Crippen LogP contribution is -2.57. The number of aliphatic carboxylic acids is 2. The highest BCUT2D eigenvalue weighted by atomic mass is 16.4. The lowest BCUT2D eigenvalue weighted by atomic mass is 10.0. The van der Waals surface area contributed by atoms with E-state index in [4.69, 9.17) is 22.3 Å². The van der Waals surface area contributed by atoms with E-state index in [2.05, 4.69) is 16.0 Å². The lowest BCUT2D eigenvalue weighted by Gasteiger charge is -2.25. The van der Waals surface area contributed by atoms with Crippen LogP contribution in [0, 0.1) is 0 Å². The Kier molecular flexibility index (Phi) is 14.8. The third-order valence-corrected chi connectivity index (χ3v) is 5.79. The molecule has 4 unspecified atom stereocenters. The Morgan fingerprint density at radius 1 is 0.744 bits per heavy atom. The fourth-order valence-electron chi connectivity index (χ4n) is 3.63. The summed E-state index contributed by atoms with van der Waals surface area (Å²) >= 11 is 0. The van der Waals surface area contributed by atoms with Gasteiger partial charge in [0, 0.05) is 12.8 Å². The molecule has 1 aromatic rings. The fraction of sp³-hybridized carbons (Fsp3) is 0.520. The van der Waals surface area contributed by atoms with Crippen molar-refractivity contribution in [3.63, 3.8) is 0 Å². The largest absolute Gasteiger partial charge is 0.481 e. The number of nitrogens with two attached hydrogens (primary N) is 3. The number of rotatable bonds is 19. The Balaban J connectivity index is 3.00. The predicted octanol–water partition coefficient (Wildman–Crippen LogP) is -1.65. The third-order valence-electron chi connectivity index (χ3n) is 5.79. The summed E-state index contributed by atoms with van der Waals surface area (Å²) in [6, 6.07) is 3.97. The zero-order valence-corrected chi connectivity index (χ0v) is 21.6. The summed E-state index contributed by atoms with van der Waals surface area (Å²) in [7, 11) is 0. The van der Waals surface area contributed by atoms with Crippen LogP contribution in [-0.2, 0) is 35.2 Å². The van der Waals surface area contributed by atoms with E-state index < -0.39 is 66.2 Å². The molecule has 0 aliphatic rings. The molecule has 14 nitrogen and oxygen atoms in total. The first-order valence-corrected chi connectivity index (χ1v) is 12.6. The number of carbonyl (C=O) groups is 6. The highest BCUT2D eigenvalue weighted by Gasteiger charge is 2.30. The Morgan fingerprint density at radius 2 is 1.28 bits per heavy atom. The van der Waals surface area contributed by atoms with Crippen LogP contribution in [0.1, 0.15) is 50.5 Å². The number of primary amides is 1. The van der Waals surface area contributed by atoms with Gasteiger partial charge >= 0.3 is 11.9 Å². The van der Waals surface area contributed by atoms with Crippen LogP contribution in [0.5, 0.6) is 0 Å². The number of benzene rings is 1. The number of unbranched alkanes of at least 4 members (excludes halogenated alkanes) is 1. The standard InChI is InChI=1S/C25H38N6O8/c26-13-5-4-8-17(23(36)31-19(25(38)39)10-12-21(33)34)30-24(37)18(9-11-20(28)32)29-22(35)16(27)14-15-6-2-1-3-7-15/h1-3,6-7,16-19H,4-5,8-14,26-27H2,(H2,28,32)(H,29,35)(H,30,37)(H,31,36)(H,33,34)(H,38,39). The van der Waals surface area contributed by atoms with Crippen LogP contribution in [0.15, 0.2) is 30.3 Å². The van der Waals surface area contributed by atoms with Gasteiger partial charge in [-0.15, -0.1) is 0 Å². The monoisotopic (exact) mass is 550 g/mol. The minimum absolute atomic E-state index is 0.0874. The molecule has 0 heterocycles. The number of amides is 4. The van der Waals surface area contributed by atoms with Gasteiger partial charge in [0.25, 0.3) is 0 Å². The molecule has 11 N–H and O–H groups in total. The van der Waals surface area contributed by atoms with Gasteiger partial charge in [0.1, 0.15) is 18.1 Å².